The summed E-state index contributed by atoms with van der Waals surface area (Å²) in [7, 11) is 0. The molecule has 0 bridgehead atoms. The average molecular weight is 341 g/mol. The van der Waals surface area contributed by atoms with Crippen LogP contribution in [0.15, 0.2) is 59.1 Å². The zero-order chi connectivity index (χ0) is 14.6. The van der Waals surface area contributed by atoms with Gasteiger partial charge in [0, 0.05) is 10.0 Å². The number of aliphatic hydroxyl groups is 2. The van der Waals surface area contributed by atoms with Crippen molar-refractivity contribution < 1.29 is 10.2 Å². The third-order valence-electron chi connectivity index (χ3n) is 4.19. The van der Waals surface area contributed by atoms with E-state index in [0.29, 0.717) is 0 Å². The van der Waals surface area contributed by atoms with E-state index in [0.717, 1.165) is 37.5 Å². The van der Waals surface area contributed by atoms with Crippen LogP contribution in [0.4, 0.5) is 0 Å². The van der Waals surface area contributed by atoms with Crippen LogP contribution in [0.2, 0.25) is 0 Å². The largest absolute Gasteiger partial charge is 0.385 e. The summed E-state index contributed by atoms with van der Waals surface area (Å²) >= 11 is 3.62. The summed E-state index contributed by atoms with van der Waals surface area (Å²) in [6, 6.07) is 17.8. The molecule has 0 saturated heterocycles. The minimum absolute atomic E-state index is 0.764. The highest BCUT2D eigenvalue weighted by atomic mass is 79.9. The highest BCUT2D eigenvalue weighted by molar-refractivity contribution is 9.10. The van der Waals surface area contributed by atoms with Gasteiger partial charge >= 0.3 is 0 Å². The minimum Gasteiger partial charge on any atom is -0.385 e. The summed E-state index contributed by atoms with van der Waals surface area (Å²) in [6.07, 6.45) is -1.82. The standard InChI is InChI=1S/C18H13BrO2/c19-16-11-6-2-1-5-10(11)9-14-12-7-3-4-8-13(12)17(20)18(21)15(14)16/h1-9,17-18,20-21H/t17-,18+/m1/s1. The second kappa shape index (κ2) is 4.67. The van der Waals surface area contributed by atoms with E-state index in [1.165, 1.54) is 0 Å². The fraction of sp³-hybridized carbons (Fsp3) is 0.111. The van der Waals surface area contributed by atoms with Crippen molar-refractivity contribution in [3.05, 3.63) is 70.2 Å². The second-order valence-corrected chi connectivity index (χ2v) is 6.14. The Hall–Kier alpha value is -1.68. The normalized spacial score (nSPS) is 20.1. The van der Waals surface area contributed by atoms with E-state index in [2.05, 4.69) is 28.1 Å². The van der Waals surface area contributed by atoms with Gasteiger partial charge in [0.15, 0.2) is 0 Å². The van der Waals surface area contributed by atoms with Crippen molar-refractivity contribution >= 4 is 26.7 Å². The monoisotopic (exact) mass is 340 g/mol. The molecule has 1 aliphatic rings. The van der Waals surface area contributed by atoms with Gasteiger partial charge in [0.05, 0.1) is 0 Å². The Morgan fingerprint density at radius 2 is 1.52 bits per heavy atom. The van der Waals surface area contributed by atoms with Gasteiger partial charge in [0.25, 0.3) is 0 Å². The van der Waals surface area contributed by atoms with Gasteiger partial charge in [0.1, 0.15) is 12.2 Å². The molecule has 0 saturated carbocycles. The van der Waals surface area contributed by atoms with Gasteiger partial charge in [-0.3, -0.25) is 0 Å². The Labute approximate surface area is 130 Å². The molecule has 0 unspecified atom stereocenters. The molecular weight excluding hydrogens is 328 g/mol. The molecule has 3 heteroatoms. The minimum atomic E-state index is -0.922. The predicted molar refractivity (Wildman–Crippen MR) is 87.0 cm³/mol. The van der Waals surface area contributed by atoms with Crippen LogP contribution in [-0.2, 0) is 0 Å². The molecule has 2 atom stereocenters. The van der Waals surface area contributed by atoms with Gasteiger partial charge in [-0.05, 0) is 49.5 Å². The van der Waals surface area contributed by atoms with Crippen LogP contribution in [0.1, 0.15) is 23.3 Å². The Kier molecular flexibility index (Phi) is 2.89. The van der Waals surface area contributed by atoms with Crippen LogP contribution >= 0.6 is 15.9 Å². The second-order valence-electron chi connectivity index (χ2n) is 5.35. The Balaban J connectivity index is 2.15. The molecular formula is C18H13BrO2. The van der Waals surface area contributed by atoms with Crippen LogP contribution < -0.4 is 0 Å². The first-order valence-electron chi connectivity index (χ1n) is 6.85. The third-order valence-corrected chi connectivity index (χ3v) is 5.04. The van der Waals surface area contributed by atoms with Gasteiger partial charge in [-0.2, -0.15) is 0 Å². The summed E-state index contributed by atoms with van der Waals surface area (Å²) in [5.41, 5.74) is 3.50. The Morgan fingerprint density at radius 1 is 0.810 bits per heavy atom. The topological polar surface area (TPSA) is 40.5 Å². The number of benzene rings is 3. The quantitative estimate of drug-likeness (QED) is 0.638. The van der Waals surface area contributed by atoms with Gasteiger partial charge in [-0.15, -0.1) is 0 Å². The fourth-order valence-electron chi connectivity index (χ4n) is 3.16. The summed E-state index contributed by atoms with van der Waals surface area (Å²) in [5.74, 6) is 0. The van der Waals surface area contributed by atoms with Gasteiger partial charge < -0.3 is 10.2 Å². The van der Waals surface area contributed by atoms with Crippen LogP contribution in [0.25, 0.3) is 21.9 Å². The number of aliphatic hydroxyl groups excluding tert-OH is 2. The predicted octanol–water partition coefficient (Wildman–Crippen LogP) is 4.35. The first-order valence-corrected chi connectivity index (χ1v) is 7.64. The zero-order valence-corrected chi connectivity index (χ0v) is 12.7. The Bertz CT molecular complexity index is 857. The zero-order valence-electron chi connectivity index (χ0n) is 11.1. The SMILES string of the molecule is O[C@@H]1c2ccccc2-c2cc3ccccc3c(Br)c2[C@@H]1O. The number of halogens is 1. The maximum atomic E-state index is 10.5. The molecule has 0 aliphatic heterocycles. The third kappa shape index (κ3) is 1.78. The lowest BCUT2D eigenvalue weighted by Crippen LogP contribution is -2.17. The maximum Gasteiger partial charge on any atom is 0.111 e. The van der Waals surface area contributed by atoms with E-state index >= 15 is 0 Å². The van der Waals surface area contributed by atoms with E-state index in [-0.39, 0.29) is 0 Å². The maximum absolute atomic E-state index is 10.5. The molecule has 0 aromatic heterocycles. The van der Waals surface area contributed by atoms with Crippen molar-refractivity contribution in [2.24, 2.45) is 0 Å². The highest BCUT2D eigenvalue weighted by Crippen LogP contribution is 2.49. The molecule has 0 heterocycles. The average Bonchev–Trinajstić information content (AvgIpc) is 2.52. The lowest BCUT2D eigenvalue weighted by atomic mass is 9.81. The van der Waals surface area contributed by atoms with Crippen LogP contribution in [-0.4, -0.2) is 10.2 Å². The summed E-state index contributed by atoms with van der Waals surface area (Å²) in [6.45, 7) is 0. The van der Waals surface area contributed by atoms with E-state index in [1.54, 1.807) is 0 Å². The van der Waals surface area contributed by atoms with E-state index < -0.39 is 12.2 Å². The van der Waals surface area contributed by atoms with Crippen LogP contribution in [0.5, 0.6) is 0 Å². The van der Waals surface area contributed by atoms with Gasteiger partial charge in [-0.25, -0.2) is 0 Å². The molecule has 0 spiro atoms. The van der Waals surface area contributed by atoms with Crippen molar-refractivity contribution in [2.45, 2.75) is 12.2 Å². The molecule has 21 heavy (non-hydrogen) atoms. The smallest absolute Gasteiger partial charge is 0.111 e. The Morgan fingerprint density at radius 3 is 2.38 bits per heavy atom. The lowest BCUT2D eigenvalue weighted by molar-refractivity contribution is 0.0154. The van der Waals surface area contributed by atoms with Gasteiger partial charge in [0.2, 0.25) is 0 Å². The first kappa shape index (κ1) is 13.0. The molecule has 4 rings (SSSR count). The van der Waals surface area contributed by atoms with E-state index in [1.807, 2.05) is 42.5 Å². The van der Waals surface area contributed by atoms with Crippen molar-refractivity contribution in [2.75, 3.05) is 0 Å². The molecule has 104 valence electrons. The molecule has 3 aromatic carbocycles. The number of fused-ring (bicyclic) bond motifs is 4. The fourth-order valence-corrected chi connectivity index (χ4v) is 3.97. The van der Waals surface area contributed by atoms with Crippen LogP contribution in [0, 0.1) is 0 Å². The van der Waals surface area contributed by atoms with Gasteiger partial charge in [-0.1, -0.05) is 48.5 Å². The number of hydrogen-bond donors (Lipinski definition) is 2. The molecule has 0 amide bonds. The summed E-state index contributed by atoms with van der Waals surface area (Å²) < 4.78 is 0.858. The van der Waals surface area contributed by atoms with E-state index in [9.17, 15) is 10.2 Å². The molecule has 3 aromatic rings. The molecule has 0 radical (unpaired) electrons. The highest BCUT2D eigenvalue weighted by Gasteiger charge is 2.33. The molecule has 2 nitrogen and oxygen atoms in total. The molecule has 2 N–H and O–H groups in total. The van der Waals surface area contributed by atoms with Crippen molar-refractivity contribution in [1.29, 1.82) is 0 Å². The first-order chi connectivity index (χ1) is 10.2. The summed E-state index contributed by atoms with van der Waals surface area (Å²) in [5, 5.41) is 23.1. The van der Waals surface area contributed by atoms with Crippen LogP contribution in [0.3, 0.4) is 0 Å². The molecule has 0 fully saturated rings. The van der Waals surface area contributed by atoms with Crippen molar-refractivity contribution in [3.8, 4) is 11.1 Å². The number of hydrogen-bond acceptors (Lipinski definition) is 2. The lowest BCUT2D eigenvalue weighted by Gasteiger charge is -2.30. The van der Waals surface area contributed by atoms with E-state index in [4.69, 9.17) is 0 Å². The van der Waals surface area contributed by atoms with Crippen molar-refractivity contribution in [1.82, 2.24) is 0 Å². The van der Waals surface area contributed by atoms with Crippen molar-refractivity contribution in [3.63, 3.8) is 0 Å². The molecule has 1 aliphatic carbocycles. The summed E-state index contributed by atoms with van der Waals surface area (Å²) in [4.78, 5) is 0. The number of rotatable bonds is 0.